The van der Waals surface area contributed by atoms with Crippen molar-refractivity contribution in [3.8, 4) is 0 Å². The quantitative estimate of drug-likeness (QED) is 0.703. The molecule has 1 saturated heterocycles. The van der Waals surface area contributed by atoms with Gasteiger partial charge in [-0.15, -0.1) is 0 Å². The van der Waals surface area contributed by atoms with Crippen LogP contribution < -0.4 is 0 Å². The lowest BCUT2D eigenvalue weighted by Crippen LogP contribution is -2.24. The Morgan fingerprint density at radius 2 is 2.06 bits per heavy atom. The van der Waals surface area contributed by atoms with E-state index in [4.69, 9.17) is 9.47 Å². The van der Waals surface area contributed by atoms with E-state index in [1.54, 1.807) is 18.2 Å². The first-order valence-corrected chi connectivity index (χ1v) is 5.66. The Kier molecular flexibility index (Phi) is 5.46. The lowest BCUT2D eigenvalue weighted by Gasteiger charge is -2.18. The van der Waals surface area contributed by atoms with E-state index in [1.807, 2.05) is 12.2 Å². The van der Waals surface area contributed by atoms with Gasteiger partial charge in [0.25, 0.3) is 0 Å². The molecule has 3 nitrogen and oxygen atoms in total. The minimum atomic E-state index is -0.838. The van der Waals surface area contributed by atoms with Gasteiger partial charge < -0.3 is 14.6 Å². The van der Waals surface area contributed by atoms with Crippen LogP contribution in [0.5, 0.6) is 0 Å². The molecule has 1 fully saturated rings. The summed E-state index contributed by atoms with van der Waals surface area (Å²) in [6.45, 7) is 6.85. The SMILES string of the molecule is C=CC1(C=CC(O)CC=CCC)OCCO1. The van der Waals surface area contributed by atoms with E-state index in [0.717, 1.165) is 6.42 Å². The normalized spacial score (nSPS) is 21.9. The van der Waals surface area contributed by atoms with Gasteiger partial charge in [0.2, 0.25) is 5.79 Å². The van der Waals surface area contributed by atoms with Gasteiger partial charge in [-0.25, -0.2) is 0 Å². The van der Waals surface area contributed by atoms with Crippen LogP contribution in [0.15, 0.2) is 37.0 Å². The fourth-order valence-corrected chi connectivity index (χ4v) is 1.45. The molecule has 0 aliphatic carbocycles. The van der Waals surface area contributed by atoms with E-state index in [0.29, 0.717) is 19.6 Å². The van der Waals surface area contributed by atoms with Gasteiger partial charge in [-0.2, -0.15) is 0 Å². The summed E-state index contributed by atoms with van der Waals surface area (Å²) in [5.41, 5.74) is 0. The molecule has 0 amide bonds. The Morgan fingerprint density at radius 3 is 2.62 bits per heavy atom. The van der Waals surface area contributed by atoms with Crippen molar-refractivity contribution in [2.24, 2.45) is 0 Å². The minimum absolute atomic E-state index is 0.507. The molecule has 1 N–H and O–H groups in total. The van der Waals surface area contributed by atoms with Crippen LogP contribution in [0.1, 0.15) is 19.8 Å². The summed E-state index contributed by atoms with van der Waals surface area (Å²) >= 11 is 0. The summed E-state index contributed by atoms with van der Waals surface area (Å²) in [5, 5.41) is 9.66. The molecule has 90 valence electrons. The van der Waals surface area contributed by atoms with E-state index in [1.165, 1.54) is 0 Å². The maximum Gasteiger partial charge on any atom is 0.207 e. The van der Waals surface area contributed by atoms with Gasteiger partial charge in [0, 0.05) is 0 Å². The molecule has 1 atom stereocenters. The predicted molar refractivity (Wildman–Crippen MR) is 64.0 cm³/mol. The van der Waals surface area contributed by atoms with Crippen LogP contribution >= 0.6 is 0 Å². The van der Waals surface area contributed by atoms with Crippen molar-refractivity contribution in [3.63, 3.8) is 0 Å². The number of allylic oxidation sites excluding steroid dienone is 1. The van der Waals surface area contributed by atoms with Gasteiger partial charge in [-0.3, -0.25) is 0 Å². The van der Waals surface area contributed by atoms with Gasteiger partial charge in [0.05, 0.1) is 19.3 Å². The van der Waals surface area contributed by atoms with Gasteiger partial charge in [0.1, 0.15) is 0 Å². The lowest BCUT2D eigenvalue weighted by molar-refractivity contribution is -0.0746. The second-order valence-electron chi connectivity index (χ2n) is 3.66. The summed E-state index contributed by atoms with van der Waals surface area (Å²) in [7, 11) is 0. The van der Waals surface area contributed by atoms with Crippen LogP contribution in [0.2, 0.25) is 0 Å². The largest absolute Gasteiger partial charge is 0.389 e. The first-order chi connectivity index (χ1) is 7.72. The Bertz CT molecular complexity index is 262. The molecule has 1 aliphatic rings. The van der Waals surface area contributed by atoms with E-state index in [9.17, 15) is 5.11 Å². The molecule has 16 heavy (non-hydrogen) atoms. The minimum Gasteiger partial charge on any atom is -0.389 e. The maximum atomic E-state index is 9.66. The number of ether oxygens (including phenoxy) is 2. The molecule has 1 rings (SSSR count). The zero-order chi connectivity index (χ0) is 11.9. The van der Waals surface area contributed by atoms with Crippen LogP contribution in [0.3, 0.4) is 0 Å². The molecule has 1 aliphatic heterocycles. The summed E-state index contributed by atoms with van der Waals surface area (Å²) in [6.07, 6.45) is 10.1. The molecule has 0 aromatic rings. The van der Waals surface area contributed by atoms with E-state index in [-0.39, 0.29) is 0 Å². The van der Waals surface area contributed by atoms with Gasteiger partial charge in [0.15, 0.2) is 0 Å². The van der Waals surface area contributed by atoms with Crippen LogP contribution in [0.4, 0.5) is 0 Å². The Labute approximate surface area is 97.1 Å². The molecule has 3 heteroatoms. The van der Waals surface area contributed by atoms with Crippen molar-refractivity contribution >= 4 is 0 Å². The predicted octanol–water partition coefficient (Wildman–Crippen LogP) is 2.19. The highest BCUT2D eigenvalue weighted by Crippen LogP contribution is 2.22. The highest BCUT2D eigenvalue weighted by atomic mass is 16.7. The highest BCUT2D eigenvalue weighted by molar-refractivity contribution is 5.10. The van der Waals surface area contributed by atoms with Crippen LogP contribution in [-0.4, -0.2) is 30.2 Å². The summed E-state index contributed by atoms with van der Waals surface area (Å²) in [6, 6.07) is 0. The molecule has 0 aromatic carbocycles. The monoisotopic (exact) mass is 224 g/mol. The fourth-order valence-electron chi connectivity index (χ4n) is 1.45. The zero-order valence-corrected chi connectivity index (χ0v) is 9.76. The average Bonchev–Trinajstić information content (AvgIpc) is 2.76. The Balaban J connectivity index is 2.44. The smallest absolute Gasteiger partial charge is 0.207 e. The second kappa shape index (κ2) is 6.63. The third-order valence-electron chi connectivity index (χ3n) is 2.35. The van der Waals surface area contributed by atoms with E-state index < -0.39 is 11.9 Å². The Hall–Kier alpha value is -0.900. The standard InChI is InChI=1S/C13H20O3/c1-3-5-6-7-12(14)8-9-13(4-2)15-10-11-16-13/h4-6,8-9,12,14H,2-3,7,10-11H2,1H3. The summed E-state index contributed by atoms with van der Waals surface area (Å²) in [5.74, 6) is -0.838. The molecule has 0 saturated carbocycles. The van der Waals surface area contributed by atoms with Gasteiger partial charge in [-0.05, 0) is 25.0 Å². The number of aliphatic hydroxyl groups is 1. The van der Waals surface area contributed by atoms with Gasteiger partial charge >= 0.3 is 0 Å². The van der Waals surface area contributed by atoms with Crippen LogP contribution in [0, 0.1) is 0 Å². The van der Waals surface area contributed by atoms with E-state index >= 15 is 0 Å². The topological polar surface area (TPSA) is 38.7 Å². The van der Waals surface area contributed by atoms with Crippen molar-refractivity contribution in [2.75, 3.05) is 13.2 Å². The second-order valence-corrected chi connectivity index (χ2v) is 3.66. The van der Waals surface area contributed by atoms with Crippen molar-refractivity contribution in [2.45, 2.75) is 31.7 Å². The molecule has 0 bridgehead atoms. The maximum absolute atomic E-state index is 9.66. The van der Waals surface area contributed by atoms with Crippen molar-refractivity contribution in [1.82, 2.24) is 0 Å². The molecule has 0 radical (unpaired) electrons. The number of hydrogen-bond donors (Lipinski definition) is 1. The highest BCUT2D eigenvalue weighted by Gasteiger charge is 2.30. The first-order valence-electron chi connectivity index (χ1n) is 5.66. The molecule has 1 unspecified atom stereocenters. The van der Waals surface area contributed by atoms with E-state index in [2.05, 4.69) is 13.5 Å². The molecular weight excluding hydrogens is 204 g/mol. The van der Waals surface area contributed by atoms with Crippen LogP contribution in [-0.2, 0) is 9.47 Å². The van der Waals surface area contributed by atoms with Crippen molar-refractivity contribution < 1.29 is 14.6 Å². The van der Waals surface area contributed by atoms with Crippen molar-refractivity contribution in [3.05, 3.63) is 37.0 Å². The Morgan fingerprint density at radius 1 is 1.38 bits per heavy atom. The molecule has 1 heterocycles. The molecular formula is C13H20O3. The lowest BCUT2D eigenvalue weighted by atomic mass is 10.1. The first kappa shape index (κ1) is 13.2. The fraction of sp³-hybridized carbons (Fsp3) is 0.538. The third kappa shape index (κ3) is 3.93. The number of hydrogen-bond acceptors (Lipinski definition) is 3. The summed E-state index contributed by atoms with van der Waals surface area (Å²) in [4.78, 5) is 0. The number of rotatable bonds is 6. The van der Waals surface area contributed by atoms with Crippen LogP contribution in [0.25, 0.3) is 0 Å². The third-order valence-corrected chi connectivity index (χ3v) is 2.35. The molecule has 0 spiro atoms. The zero-order valence-electron chi connectivity index (χ0n) is 9.76. The van der Waals surface area contributed by atoms with Crippen molar-refractivity contribution in [1.29, 1.82) is 0 Å². The number of aliphatic hydroxyl groups excluding tert-OH is 1. The summed E-state index contributed by atoms with van der Waals surface area (Å²) < 4.78 is 10.8. The average molecular weight is 224 g/mol. The molecule has 0 aromatic heterocycles. The van der Waals surface area contributed by atoms with Gasteiger partial charge in [-0.1, -0.05) is 31.7 Å².